The Hall–Kier alpha value is -1.47. The van der Waals surface area contributed by atoms with Crippen molar-refractivity contribution in [3.05, 3.63) is 21.1 Å². The van der Waals surface area contributed by atoms with Crippen LogP contribution < -0.4 is 5.32 Å². The first-order valence-electron chi connectivity index (χ1n) is 5.61. The largest absolute Gasteiger partial charge is 0.360 e. The topological polar surface area (TPSA) is 84.2 Å². The molecule has 0 radical (unpaired) electrons. The van der Waals surface area contributed by atoms with E-state index in [1.165, 1.54) is 0 Å². The number of nitrogens with one attached hydrogen (secondary N) is 1. The van der Waals surface area contributed by atoms with Crippen LogP contribution in [0.2, 0.25) is 5.28 Å². The molecule has 1 N–H and O–H groups in total. The molecule has 1 fully saturated rings. The van der Waals surface area contributed by atoms with E-state index in [0.29, 0.717) is 0 Å². The Kier molecular flexibility index (Phi) is 3.63. The summed E-state index contributed by atoms with van der Waals surface area (Å²) in [5.74, 6) is 0.206. The summed E-state index contributed by atoms with van der Waals surface area (Å²) in [6.45, 7) is 3.35. The van der Waals surface area contributed by atoms with E-state index in [2.05, 4.69) is 20.2 Å². The van der Waals surface area contributed by atoms with E-state index < -0.39 is 4.92 Å². The van der Waals surface area contributed by atoms with Crippen LogP contribution in [0.1, 0.15) is 12.1 Å². The molecule has 0 aromatic carbocycles. The SMILES string of the molecule is Cc1nc(Cl)nc(NC2CCN(C)C2)c1[N+](=O)[O-]. The van der Waals surface area contributed by atoms with E-state index in [9.17, 15) is 10.1 Å². The van der Waals surface area contributed by atoms with Crippen LogP contribution in [0.25, 0.3) is 0 Å². The van der Waals surface area contributed by atoms with Crippen LogP contribution in [0.5, 0.6) is 0 Å². The molecule has 1 aliphatic rings. The molecule has 18 heavy (non-hydrogen) atoms. The van der Waals surface area contributed by atoms with Crippen molar-refractivity contribution >= 4 is 23.1 Å². The fraction of sp³-hybridized carbons (Fsp3) is 0.600. The summed E-state index contributed by atoms with van der Waals surface area (Å²) in [4.78, 5) is 20.4. The number of hydrogen-bond donors (Lipinski definition) is 1. The molecule has 1 unspecified atom stereocenters. The first-order chi connectivity index (χ1) is 8.47. The van der Waals surface area contributed by atoms with Crippen LogP contribution in [0.3, 0.4) is 0 Å². The van der Waals surface area contributed by atoms with Gasteiger partial charge in [-0.2, -0.15) is 4.98 Å². The van der Waals surface area contributed by atoms with Crippen LogP contribution >= 0.6 is 11.6 Å². The maximum Gasteiger partial charge on any atom is 0.332 e. The van der Waals surface area contributed by atoms with Gasteiger partial charge in [-0.05, 0) is 38.5 Å². The van der Waals surface area contributed by atoms with Gasteiger partial charge in [0.1, 0.15) is 5.69 Å². The van der Waals surface area contributed by atoms with Crippen molar-refractivity contribution in [2.75, 3.05) is 25.5 Å². The molecule has 8 heteroatoms. The lowest BCUT2D eigenvalue weighted by molar-refractivity contribution is -0.385. The molecule has 1 aliphatic heterocycles. The highest BCUT2D eigenvalue weighted by molar-refractivity contribution is 6.28. The molecular weight excluding hydrogens is 258 g/mol. The minimum absolute atomic E-state index is 0.0203. The van der Waals surface area contributed by atoms with E-state index >= 15 is 0 Å². The Labute approximate surface area is 109 Å². The van der Waals surface area contributed by atoms with Crippen LogP contribution in [0.15, 0.2) is 0 Å². The quantitative estimate of drug-likeness (QED) is 0.509. The maximum atomic E-state index is 11.0. The number of aromatic nitrogens is 2. The van der Waals surface area contributed by atoms with E-state index in [4.69, 9.17) is 11.6 Å². The normalized spacial score (nSPS) is 20.1. The first kappa shape index (κ1) is 13.0. The number of rotatable bonds is 3. The third kappa shape index (κ3) is 2.68. The maximum absolute atomic E-state index is 11.0. The van der Waals surface area contributed by atoms with E-state index in [1.807, 2.05) is 7.05 Å². The summed E-state index contributed by atoms with van der Waals surface area (Å²) in [5.41, 5.74) is 0.169. The summed E-state index contributed by atoms with van der Waals surface area (Å²) in [5, 5.41) is 14.1. The molecule has 1 aromatic heterocycles. The van der Waals surface area contributed by atoms with Gasteiger partial charge in [0.2, 0.25) is 11.1 Å². The number of halogens is 1. The highest BCUT2D eigenvalue weighted by Crippen LogP contribution is 2.28. The number of likely N-dealkylation sites (tertiary alicyclic amines) is 1. The minimum atomic E-state index is -0.480. The Morgan fingerprint density at radius 3 is 2.83 bits per heavy atom. The molecule has 0 amide bonds. The fourth-order valence-electron chi connectivity index (χ4n) is 2.10. The van der Waals surface area contributed by atoms with Gasteiger partial charge in [-0.15, -0.1) is 0 Å². The zero-order valence-corrected chi connectivity index (χ0v) is 10.9. The summed E-state index contributed by atoms with van der Waals surface area (Å²) in [6, 6.07) is 0.152. The van der Waals surface area contributed by atoms with Crippen molar-refractivity contribution in [3.8, 4) is 0 Å². The lowest BCUT2D eigenvalue weighted by atomic mass is 10.2. The lowest BCUT2D eigenvalue weighted by Crippen LogP contribution is -2.24. The van der Waals surface area contributed by atoms with E-state index in [0.717, 1.165) is 19.5 Å². The third-order valence-corrected chi connectivity index (χ3v) is 3.11. The van der Waals surface area contributed by atoms with Crippen LogP contribution in [0.4, 0.5) is 11.5 Å². The molecular formula is C10H14ClN5O2. The second-order valence-electron chi connectivity index (χ2n) is 4.42. The highest BCUT2D eigenvalue weighted by Gasteiger charge is 2.26. The predicted molar refractivity (Wildman–Crippen MR) is 68.0 cm³/mol. The Bertz CT molecular complexity index is 482. The van der Waals surface area contributed by atoms with Gasteiger partial charge >= 0.3 is 5.69 Å². The number of likely N-dealkylation sites (N-methyl/N-ethyl adjacent to an activating group) is 1. The summed E-state index contributed by atoms with van der Waals surface area (Å²) < 4.78 is 0. The van der Waals surface area contributed by atoms with Crippen LogP contribution in [-0.2, 0) is 0 Å². The van der Waals surface area contributed by atoms with Crippen molar-refractivity contribution < 1.29 is 4.92 Å². The second kappa shape index (κ2) is 5.03. The average molecular weight is 272 g/mol. The van der Waals surface area contributed by atoms with Crippen molar-refractivity contribution in [1.29, 1.82) is 0 Å². The summed E-state index contributed by atoms with van der Waals surface area (Å²) in [6.07, 6.45) is 0.925. The molecule has 7 nitrogen and oxygen atoms in total. The molecule has 2 heterocycles. The van der Waals surface area contributed by atoms with Crippen molar-refractivity contribution in [2.45, 2.75) is 19.4 Å². The molecule has 98 valence electrons. The van der Waals surface area contributed by atoms with Gasteiger partial charge in [0.05, 0.1) is 4.92 Å². The number of aryl methyl sites for hydroxylation is 1. The van der Waals surface area contributed by atoms with Gasteiger partial charge in [0.25, 0.3) is 0 Å². The van der Waals surface area contributed by atoms with Gasteiger partial charge < -0.3 is 10.2 Å². The summed E-state index contributed by atoms with van der Waals surface area (Å²) >= 11 is 5.75. The van der Waals surface area contributed by atoms with Gasteiger partial charge in [-0.1, -0.05) is 0 Å². The third-order valence-electron chi connectivity index (χ3n) is 2.95. The molecule has 1 aromatic rings. The molecule has 0 saturated carbocycles. The molecule has 0 spiro atoms. The first-order valence-corrected chi connectivity index (χ1v) is 5.98. The zero-order chi connectivity index (χ0) is 13.3. The van der Waals surface area contributed by atoms with Crippen molar-refractivity contribution in [1.82, 2.24) is 14.9 Å². The summed E-state index contributed by atoms with van der Waals surface area (Å²) in [7, 11) is 2.01. The van der Waals surface area contributed by atoms with Crippen molar-refractivity contribution in [3.63, 3.8) is 0 Å². The Balaban J connectivity index is 2.28. The monoisotopic (exact) mass is 271 g/mol. The highest BCUT2D eigenvalue weighted by atomic mass is 35.5. The molecule has 0 bridgehead atoms. The standard InChI is InChI=1S/C10H14ClN5O2/c1-6-8(16(17)18)9(14-10(11)12-6)13-7-3-4-15(2)5-7/h7H,3-5H2,1-2H3,(H,12,13,14). The Morgan fingerprint density at radius 2 is 2.28 bits per heavy atom. The molecule has 0 aliphatic carbocycles. The smallest absolute Gasteiger partial charge is 0.332 e. The minimum Gasteiger partial charge on any atom is -0.360 e. The lowest BCUT2D eigenvalue weighted by Gasteiger charge is -2.14. The molecule has 1 atom stereocenters. The number of hydrogen-bond acceptors (Lipinski definition) is 6. The number of nitrogens with zero attached hydrogens (tertiary/aromatic N) is 4. The van der Waals surface area contributed by atoms with Crippen LogP contribution in [0, 0.1) is 17.0 Å². The number of nitro groups is 1. The molecule has 1 saturated heterocycles. The molecule has 2 rings (SSSR count). The average Bonchev–Trinajstić information content (AvgIpc) is 2.62. The zero-order valence-electron chi connectivity index (χ0n) is 10.2. The van der Waals surface area contributed by atoms with Gasteiger partial charge in [0, 0.05) is 12.6 Å². The second-order valence-corrected chi connectivity index (χ2v) is 4.76. The van der Waals surface area contributed by atoms with Crippen LogP contribution in [-0.4, -0.2) is 46.0 Å². The fourth-order valence-corrected chi connectivity index (χ4v) is 2.31. The number of anilines is 1. The van der Waals surface area contributed by atoms with Gasteiger partial charge in [-0.25, -0.2) is 4.98 Å². The Morgan fingerprint density at radius 1 is 1.56 bits per heavy atom. The predicted octanol–water partition coefficient (Wildman–Crippen LogP) is 1.46. The van der Waals surface area contributed by atoms with E-state index in [1.54, 1.807) is 6.92 Å². The van der Waals surface area contributed by atoms with E-state index in [-0.39, 0.29) is 28.5 Å². The van der Waals surface area contributed by atoms with Crippen molar-refractivity contribution in [2.24, 2.45) is 0 Å². The van der Waals surface area contributed by atoms with Gasteiger partial charge in [-0.3, -0.25) is 10.1 Å². The van der Waals surface area contributed by atoms with Gasteiger partial charge in [0.15, 0.2) is 0 Å².